The van der Waals surface area contributed by atoms with Gasteiger partial charge in [-0.25, -0.2) is 0 Å². The van der Waals surface area contributed by atoms with E-state index in [2.05, 4.69) is 112 Å². The van der Waals surface area contributed by atoms with Crippen LogP contribution < -0.4 is 10.9 Å². The van der Waals surface area contributed by atoms with Crippen LogP contribution in [-0.4, -0.2) is 17.0 Å². The summed E-state index contributed by atoms with van der Waals surface area (Å²) in [7, 11) is 0. The average molecular weight is 491 g/mol. The molecule has 0 bridgehead atoms. The molecule has 0 fully saturated rings. The lowest BCUT2D eigenvalue weighted by Crippen LogP contribution is -2.49. The highest BCUT2D eigenvalue weighted by atomic mass is 14.9. The quantitative estimate of drug-likeness (QED) is 0.181. The summed E-state index contributed by atoms with van der Waals surface area (Å²) in [4.78, 5) is 5.07. The maximum absolute atomic E-state index is 5.07. The van der Waals surface area contributed by atoms with Crippen molar-refractivity contribution in [3.05, 3.63) is 101 Å². The zero-order chi connectivity index (χ0) is 26.2. The topological polar surface area (TPSA) is 17.3 Å². The first-order valence-corrected chi connectivity index (χ1v) is 14.3. The van der Waals surface area contributed by atoms with E-state index in [1.165, 1.54) is 89.7 Å². The van der Waals surface area contributed by atoms with E-state index >= 15 is 0 Å². The first-order valence-electron chi connectivity index (χ1n) is 14.3. The van der Waals surface area contributed by atoms with Crippen LogP contribution in [0.2, 0.25) is 0 Å². The van der Waals surface area contributed by atoms with Gasteiger partial charge in [0, 0.05) is 22.7 Å². The predicted octanol–water partition coefficient (Wildman–Crippen LogP) is 8.03. The first-order chi connectivity index (χ1) is 18.0. The number of aryl methyl sites for hydroxylation is 2. The van der Waals surface area contributed by atoms with Crippen LogP contribution in [0, 0.1) is 13.8 Å². The number of benzene rings is 2. The molecule has 0 radical (unpaired) electrons. The molecule has 0 atom stereocenters. The smallest absolute Gasteiger partial charge is 0.327 e. The maximum Gasteiger partial charge on any atom is 0.327 e. The number of unbranched alkanes of at least 4 members (excludes halogenated alkanes) is 6. The molecule has 192 valence electrons. The fourth-order valence-corrected chi connectivity index (χ4v) is 5.89. The van der Waals surface area contributed by atoms with E-state index in [9.17, 15) is 0 Å². The minimum atomic E-state index is 0.117. The molecular weight excluding hydrogens is 447 g/mol. The van der Waals surface area contributed by atoms with Gasteiger partial charge < -0.3 is 4.48 Å². The van der Waals surface area contributed by atoms with Gasteiger partial charge in [-0.3, -0.25) is 4.99 Å². The van der Waals surface area contributed by atoms with E-state index in [0.717, 1.165) is 12.1 Å². The van der Waals surface area contributed by atoms with Crippen molar-refractivity contribution in [2.45, 2.75) is 86.0 Å². The lowest BCUT2D eigenvalue weighted by atomic mass is 9.50. The molecule has 37 heavy (non-hydrogen) atoms. The molecule has 2 aromatic carbocycles. The Morgan fingerprint density at radius 1 is 0.757 bits per heavy atom. The van der Waals surface area contributed by atoms with Crippen molar-refractivity contribution in [2.24, 2.45) is 4.99 Å². The fraction of sp³-hybridized carbons (Fsp3) is 0.382. The van der Waals surface area contributed by atoms with Gasteiger partial charge in [0.1, 0.15) is 0 Å². The van der Waals surface area contributed by atoms with Gasteiger partial charge in [-0.15, -0.1) is 0 Å². The molecule has 3 heteroatoms. The van der Waals surface area contributed by atoms with Gasteiger partial charge in [-0.05, 0) is 63.8 Å². The number of aromatic nitrogens is 1. The minimum absolute atomic E-state index is 0.117. The van der Waals surface area contributed by atoms with E-state index in [-0.39, 0.29) is 6.85 Å². The van der Waals surface area contributed by atoms with Crippen molar-refractivity contribution < 1.29 is 0 Å². The van der Waals surface area contributed by atoms with Crippen molar-refractivity contribution in [1.82, 2.24) is 4.48 Å². The Kier molecular flexibility index (Phi) is 9.44. The average Bonchev–Trinajstić information content (AvgIpc) is 3.39. The number of nitrogens with zero attached hydrogens (tertiary/aromatic N) is 2. The molecule has 3 aromatic rings. The summed E-state index contributed by atoms with van der Waals surface area (Å²) in [6, 6.07) is 24.3. The second kappa shape index (κ2) is 12.9. The molecule has 0 amide bonds. The SMILES string of the molecule is CCCCCCCCC/C(=C1\N=C(C)C=C1C)c1c(C)cc(C)n1B(c1ccccc1)c1ccccc1. The van der Waals surface area contributed by atoms with Gasteiger partial charge in [0.25, 0.3) is 0 Å². The molecule has 1 aliphatic rings. The van der Waals surface area contributed by atoms with Crippen LogP contribution in [0.4, 0.5) is 0 Å². The Labute approximate surface area is 225 Å². The number of aliphatic imine (C=N–C) groups is 1. The molecule has 0 aliphatic carbocycles. The molecule has 0 saturated heterocycles. The largest absolute Gasteiger partial charge is 0.380 e. The third-order valence-electron chi connectivity index (χ3n) is 7.60. The van der Waals surface area contributed by atoms with E-state index in [1.807, 2.05) is 0 Å². The first kappa shape index (κ1) is 27.0. The lowest BCUT2D eigenvalue weighted by molar-refractivity contribution is 0.593. The van der Waals surface area contributed by atoms with Gasteiger partial charge in [0.15, 0.2) is 0 Å². The summed E-state index contributed by atoms with van der Waals surface area (Å²) in [6.07, 6.45) is 12.5. The minimum Gasteiger partial charge on any atom is -0.380 e. The summed E-state index contributed by atoms with van der Waals surface area (Å²) >= 11 is 0. The summed E-state index contributed by atoms with van der Waals surface area (Å²) in [6.45, 7) is 11.3. The normalized spacial score (nSPS) is 14.5. The zero-order valence-electron chi connectivity index (χ0n) is 23.6. The molecule has 0 N–H and O–H groups in total. The number of allylic oxidation sites excluding steroid dienone is 3. The van der Waals surface area contributed by atoms with Crippen molar-refractivity contribution in [2.75, 3.05) is 0 Å². The highest BCUT2D eigenvalue weighted by molar-refractivity contribution is 6.84. The second-order valence-electron chi connectivity index (χ2n) is 10.7. The van der Waals surface area contributed by atoms with Crippen molar-refractivity contribution >= 4 is 29.1 Å². The van der Waals surface area contributed by atoms with Crippen LogP contribution in [0.3, 0.4) is 0 Å². The third kappa shape index (κ3) is 6.44. The van der Waals surface area contributed by atoms with Crippen molar-refractivity contribution in [1.29, 1.82) is 0 Å². The predicted molar refractivity (Wildman–Crippen MR) is 164 cm³/mol. The molecule has 0 unspecified atom stereocenters. The Balaban J connectivity index is 1.79. The zero-order valence-corrected chi connectivity index (χ0v) is 23.6. The monoisotopic (exact) mass is 490 g/mol. The lowest BCUT2D eigenvalue weighted by Gasteiger charge is -2.24. The Morgan fingerprint density at radius 3 is 1.86 bits per heavy atom. The number of hydrogen-bond acceptors (Lipinski definition) is 1. The van der Waals surface area contributed by atoms with Crippen LogP contribution >= 0.6 is 0 Å². The van der Waals surface area contributed by atoms with Gasteiger partial charge in [0.2, 0.25) is 0 Å². The van der Waals surface area contributed by atoms with Crippen LogP contribution in [0.15, 0.2) is 89.1 Å². The molecule has 0 spiro atoms. The highest BCUT2D eigenvalue weighted by Crippen LogP contribution is 2.35. The maximum atomic E-state index is 5.07. The van der Waals surface area contributed by atoms with Gasteiger partial charge >= 0.3 is 6.85 Å². The molecule has 0 saturated carbocycles. The molecule has 1 aromatic heterocycles. The highest BCUT2D eigenvalue weighted by Gasteiger charge is 2.29. The fourth-order valence-electron chi connectivity index (χ4n) is 5.89. The summed E-state index contributed by atoms with van der Waals surface area (Å²) in [5, 5.41) is 0. The molecule has 2 heterocycles. The second-order valence-corrected chi connectivity index (χ2v) is 10.7. The Morgan fingerprint density at radius 2 is 1.32 bits per heavy atom. The molecular formula is C34H43BN2. The van der Waals surface area contributed by atoms with E-state index in [4.69, 9.17) is 4.99 Å². The van der Waals surface area contributed by atoms with Crippen molar-refractivity contribution in [3.63, 3.8) is 0 Å². The number of hydrogen-bond donors (Lipinski definition) is 0. The molecule has 1 aliphatic heterocycles. The Hall–Kier alpha value is -3.07. The third-order valence-corrected chi connectivity index (χ3v) is 7.60. The van der Waals surface area contributed by atoms with Crippen LogP contribution in [0.5, 0.6) is 0 Å². The summed E-state index contributed by atoms with van der Waals surface area (Å²) in [5.41, 5.74) is 11.6. The van der Waals surface area contributed by atoms with Crippen LogP contribution in [0.1, 0.15) is 89.1 Å². The van der Waals surface area contributed by atoms with E-state index in [0.29, 0.717) is 0 Å². The van der Waals surface area contributed by atoms with Crippen LogP contribution in [0.25, 0.3) is 5.57 Å². The van der Waals surface area contributed by atoms with Gasteiger partial charge in [-0.1, -0.05) is 117 Å². The van der Waals surface area contributed by atoms with E-state index in [1.54, 1.807) is 0 Å². The molecule has 4 rings (SSSR count). The summed E-state index contributed by atoms with van der Waals surface area (Å²) in [5.74, 6) is 0. The van der Waals surface area contributed by atoms with Crippen molar-refractivity contribution in [3.8, 4) is 0 Å². The summed E-state index contributed by atoms with van der Waals surface area (Å²) < 4.78 is 2.58. The van der Waals surface area contributed by atoms with Crippen LogP contribution in [-0.2, 0) is 0 Å². The van der Waals surface area contributed by atoms with E-state index < -0.39 is 0 Å². The van der Waals surface area contributed by atoms with Gasteiger partial charge in [0.05, 0.1) is 5.70 Å². The standard InChI is InChI=1S/C34H43BN2/c1-6-7-8-9-10-11-18-23-32(33-26(2)24-28(4)36-33)34-27(3)25-29(5)37(34)35(30-19-14-12-15-20-30)31-21-16-13-17-22-31/h12-17,19-22,24-25H,6-11,18,23H2,1-5H3/b33-32+. The van der Waals surface area contributed by atoms with Gasteiger partial charge in [-0.2, -0.15) is 0 Å². The number of rotatable bonds is 12. The molecule has 2 nitrogen and oxygen atoms in total. The Bertz CT molecular complexity index is 1220.